The summed E-state index contributed by atoms with van der Waals surface area (Å²) in [6, 6.07) is 10.1. The van der Waals surface area contributed by atoms with Crippen LogP contribution in [0.15, 0.2) is 48.8 Å². The molecule has 0 unspecified atom stereocenters. The topological polar surface area (TPSA) is 57.3 Å². The number of piperidine rings is 3. The lowest BCUT2D eigenvalue weighted by molar-refractivity contribution is 0.0184. The van der Waals surface area contributed by atoms with Crippen LogP contribution in [0.1, 0.15) is 18.4 Å². The molecule has 2 N–H and O–H groups in total. The third-order valence-corrected chi connectivity index (χ3v) is 5.51. The highest BCUT2D eigenvalue weighted by atomic mass is 19.1. The molecule has 2 atom stereocenters. The summed E-state index contributed by atoms with van der Waals surface area (Å²) in [5, 5.41) is 5.91. The van der Waals surface area contributed by atoms with Gasteiger partial charge in [0.2, 0.25) is 0 Å². The van der Waals surface area contributed by atoms with Gasteiger partial charge in [0, 0.05) is 30.2 Å². The van der Waals surface area contributed by atoms with Gasteiger partial charge in [-0.1, -0.05) is 12.1 Å². The van der Waals surface area contributed by atoms with Crippen LogP contribution in [-0.4, -0.2) is 41.1 Å². The molecular formula is C20H23FN4O. The lowest BCUT2D eigenvalue weighted by Crippen LogP contribution is -2.64. The van der Waals surface area contributed by atoms with Crippen molar-refractivity contribution in [3.05, 3.63) is 60.2 Å². The SMILES string of the molecule is O=C(Nc1cccc(F)c1)N[C@@H]1C2CCN(CC2)[C@H]1Cc1cccnc1. The first kappa shape index (κ1) is 17.0. The van der Waals surface area contributed by atoms with E-state index in [1.807, 2.05) is 12.3 Å². The van der Waals surface area contributed by atoms with Crippen molar-refractivity contribution in [2.45, 2.75) is 31.3 Å². The zero-order chi connectivity index (χ0) is 17.9. The molecule has 0 aliphatic carbocycles. The van der Waals surface area contributed by atoms with E-state index in [0.717, 1.165) is 32.4 Å². The molecule has 2 amide bonds. The molecule has 26 heavy (non-hydrogen) atoms. The Balaban J connectivity index is 1.46. The Morgan fingerprint density at radius 3 is 2.81 bits per heavy atom. The fraction of sp³-hybridized carbons (Fsp3) is 0.400. The number of pyridine rings is 1. The molecule has 2 aromatic rings. The first-order valence-electron chi connectivity index (χ1n) is 9.15. The summed E-state index contributed by atoms with van der Waals surface area (Å²) in [5.74, 6) is 0.125. The third kappa shape index (κ3) is 3.70. The molecule has 6 heteroatoms. The number of nitrogens with one attached hydrogen (secondary N) is 2. The molecule has 136 valence electrons. The Bertz CT molecular complexity index is 761. The number of amides is 2. The van der Waals surface area contributed by atoms with Gasteiger partial charge < -0.3 is 10.6 Å². The molecule has 2 bridgehead atoms. The molecule has 5 rings (SSSR count). The maximum absolute atomic E-state index is 13.3. The van der Waals surface area contributed by atoms with Gasteiger partial charge in [0.1, 0.15) is 5.82 Å². The number of anilines is 1. The number of benzene rings is 1. The molecule has 1 aromatic carbocycles. The summed E-state index contributed by atoms with van der Waals surface area (Å²) < 4.78 is 13.3. The van der Waals surface area contributed by atoms with Gasteiger partial charge >= 0.3 is 6.03 Å². The normalized spacial score (nSPS) is 27.1. The summed E-state index contributed by atoms with van der Waals surface area (Å²) in [6.45, 7) is 2.17. The summed E-state index contributed by atoms with van der Waals surface area (Å²) in [4.78, 5) is 19.2. The summed E-state index contributed by atoms with van der Waals surface area (Å²) in [6.07, 6.45) is 6.75. The van der Waals surface area contributed by atoms with E-state index >= 15 is 0 Å². The molecule has 3 fully saturated rings. The average molecular weight is 354 g/mol. The van der Waals surface area contributed by atoms with Crippen LogP contribution in [0, 0.1) is 11.7 Å². The fourth-order valence-corrected chi connectivity index (χ4v) is 4.27. The van der Waals surface area contributed by atoms with Crippen molar-refractivity contribution in [1.82, 2.24) is 15.2 Å². The van der Waals surface area contributed by atoms with Crippen LogP contribution < -0.4 is 10.6 Å². The zero-order valence-corrected chi connectivity index (χ0v) is 14.6. The van der Waals surface area contributed by atoms with E-state index in [-0.39, 0.29) is 23.9 Å². The molecule has 4 heterocycles. The van der Waals surface area contributed by atoms with Crippen molar-refractivity contribution in [2.75, 3.05) is 18.4 Å². The number of halogens is 1. The predicted octanol–water partition coefficient (Wildman–Crippen LogP) is 3.05. The van der Waals surface area contributed by atoms with E-state index in [1.54, 1.807) is 18.3 Å². The Hall–Kier alpha value is -2.47. The molecule has 3 aliphatic heterocycles. The van der Waals surface area contributed by atoms with Crippen LogP contribution in [-0.2, 0) is 6.42 Å². The van der Waals surface area contributed by atoms with Crippen molar-refractivity contribution >= 4 is 11.7 Å². The monoisotopic (exact) mass is 354 g/mol. The number of urea groups is 1. The van der Waals surface area contributed by atoms with Gasteiger partial charge in [0.15, 0.2) is 0 Å². The van der Waals surface area contributed by atoms with Crippen molar-refractivity contribution in [3.8, 4) is 0 Å². The molecule has 1 aromatic heterocycles. The Kier molecular flexibility index (Phi) is 4.84. The van der Waals surface area contributed by atoms with Crippen LogP contribution in [0.4, 0.5) is 14.9 Å². The van der Waals surface area contributed by atoms with Crippen LogP contribution in [0.3, 0.4) is 0 Å². The number of nitrogens with zero attached hydrogens (tertiary/aromatic N) is 2. The maximum Gasteiger partial charge on any atom is 0.319 e. The average Bonchev–Trinajstić information content (AvgIpc) is 2.65. The minimum absolute atomic E-state index is 0.0891. The molecular weight excluding hydrogens is 331 g/mol. The molecule has 3 saturated heterocycles. The number of rotatable bonds is 4. The number of hydrogen-bond acceptors (Lipinski definition) is 3. The van der Waals surface area contributed by atoms with E-state index in [4.69, 9.17) is 0 Å². The summed E-state index contributed by atoms with van der Waals surface area (Å²) >= 11 is 0. The Morgan fingerprint density at radius 1 is 1.23 bits per heavy atom. The van der Waals surface area contributed by atoms with E-state index in [2.05, 4.69) is 26.6 Å². The highest BCUT2D eigenvalue weighted by Crippen LogP contribution is 2.34. The van der Waals surface area contributed by atoms with Gasteiger partial charge in [0.05, 0.1) is 0 Å². The van der Waals surface area contributed by atoms with Gasteiger partial charge in [-0.15, -0.1) is 0 Å². The first-order chi connectivity index (χ1) is 12.7. The van der Waals surface area contributed by atoms with Crippen LogP contribution in [0.25, 0.3) is 0 Å². The van der Waals surface area contributed by atoms with Crippen molar-refractivity contribution in [2.24, 2.45) is 5.92 Å². The second-order valence-corrected chi connectivity index (χ2v) is 7.14. The number of hydrogen-bond donors (Lipinski definition) is 2. The van der Waals surface area contributed by atoms with E-state index in [1.165, 1.54) is 17.7 Å². The lowest BCUT2D eigenvalue weighted by atomic mass is 9.77. The first-order valence-corrected chi connectivity index (χ1v) is 9.15. The Morgan fingerprint density at radius 2 is 2.08 bits per heavy atom. The highest BCUT2D eigenvalue weighted by Gasteiger charge is 2.42. The van der Waals surface area contributed by atoms with Crippen molar-refractivity contribution < 1.29 is 9.18 Å². The van der Waals surface area contributed by atoms with Crippen LogP contribution in [0.2, 0.25) is 0 Å². The summed E-state index contributed by atoms with van der Waals surface area (Å²) in [7, 11) is 0. The minimum atomic E-state index is -0.361. The summed E-state index contributed by atoms with van der Waals surface area (Å²) in [5.41, 5.74) is 1.65. The second kappa shape index (κ2) is 7.41. The van der Waals surface area contributed by atoms with Crippen molar-refractivity contribution in [3.63, 3.8) is 0 Å². The smallest absolute Gasteiger partial charge is 0.319 e. The molecule has 0 saturated carbocycles. The van der Waals surface area contributed by atoms with Gasteiger partial charge in [-0.25, -0.2) is 9.18 Å². The lowest BCUT2D eigenvalue weighted by Gasteiger charge is -2.51. The third-order valence-electron chi connectivity index (χ3n) is 5.51. The van der Waals surface area contributed by atoms with Gasteiger partial charge in [0.25, 0.3) is 0 Å². The number of aromatic nitrogens is 1. The zero-order valence-electron chi connectivity index (χ0n) is 14.6. The predicted molar refractivity (Wildman–Crippen MR) is 98.4 cm³/mol. The van der Waals surface area contributed by atoms with Crippen LogP contribution >= 0.6 is 0 Å². The fourth-order valence-electron chi connectivity index (χ4n) is 4.27. The largest absolute Gasteiger partial charge is 0.333 e. The van der Waals surface area contributed by atoms with Crippen LogP contribution in [0.5, 0.6) is 0 Å². The van der Waals surface area contributed by atoms with E-state index < -0.39 is 0 Å². The highest BCUT2D eigenvalue weighted by molar-refractivity contribution is 5.89. The molecule has 5 nitrogen and oxygen atoms in total. The van der Waals surface area contributed by atoms with E-state index in [0.29, 0.717) is 11.6 Å². The molecule has 3 aliphatic rings. The maximum atomic E-state index is 13.3. The second-order valence-electron chi connectivity index (χ2n) is 7.14. The van der Waals surface area contributed by atoms with E-state index in [9.17, 15) is 9.18 Å². The minimum Gasteiger partial charge on any atom is -0.333 e. The van der Waals surface area contributed by atoms with Gasteiger partial charge in [-0.05, 0) is 68.1 Å². The number of fused-ring (bicyclic) bond motifs is 3. The van der Waals surface area contributed by atoms with Gasteiger partial charge in [-0.2, -0.15) is 0 Å². The van der Waals surface area contributed by atoms with Crippen molar-refractivity contribution in [1.29, 1.82) is 0 Å². The number of carbonyl (C=O) groups is 1. The standard InChI is InChI=1S/C20H23FN4O/c21-16-4-1-5-17(12-16)23-20(26)24-19-15-6-9-25(10-7-15)18(19)11-14-3-2-8-22-13-14/h1-5,8,12-13,15,18-19H,6-7,9-11H2,(H2,23,24,26)/t18-,19+/m0/s1. The Labute approximate surface area is 152 Å². The van der Waals surface area contributed by atoms with Gasteiger partial charge in [-0.3, -0.25) is 9.88 Å². The molecule has 0 radical (unpaired) electrons. The number of carbonyl (C=O) groups excluding carboxylic acids is 1. The molecule has 0 spiro atoms. The quantitative estimate of drug-likeness (QED) is 0.887.